The predicted molar refractivity (Wildman–Crippen MR) is 153 cm³/mol. The van der Waals surface area contributed by atoms with E-state index in [1.54, 1.807) is 0 Å². The van der Waals surface area contributed by atoms with Crippen LogP contribution in [0.3, 0.4) is 0 Å². The van der Waals surface area contributed by atoms with Crippen LogP contribution in [0.15, 0.2) is 53.3 Å². The minimum atomic E-state index is -3.76. The van der Waals surface area contributed by atoms with Gasteiger partial charge in [-0.05, 0) is 48.4 Å². The van der Waals surface area contributed by atoms with Crippen LogP contribution in [-0.4, -0.2) is 47.1 Å². The quantitative estimate of drug-likeness (QED) is 0.263. The summed E-state index contributed by atoms with van der Waals surface area (Å²) in [4.78, 5) is 31.3. The minimum Gasteiger partial charge on any atom is -0.465 e. The van der Waals surface area contributed by atoms with Crippen molar-refractivity contribution in [2.24, 2.45) is 12.8 Å². The normalized spacial score (nSPS) is 12.5. The Labute approximate surface area is 242 Å². The molecule has 0 aliphatic carbocycles. The Morgan fingerprint density at radius 1 is 1.17 bits per heavy atom. The van der Waals surface area contributed by atoms with Crippen molar-refractivity contribution in [3.8, 4) is 5.69 Å². The molecule has 15 heteroatoms. The Morgan fingerprint density at radius 3 is 2.50 bits per heavy atom. The van der Waals surface area contributed by atoms with Crippen molar-refractivity contribution >= 4 is 55.2 Å². The highest BCUT2D eigenvalue weighted by molar-refractivity contribution is 7.92. The van der Waals surface area contributed by atoms with Crippen molar-refractivity contribution in [3.05, 3.63) is 92.5 Å². The zero-order valence-electron chi connectivity index (χ0n) is 22.4. The number of sulfonamides is 1. The molecule has 2 aromatic heterocycles. The molecule has 218 valence electrons. The standard InChI is InChI=1S/C27H23ClF2N6O5S/c1-35-23-20(8-7-18(28)21(23)24(33-35)34-42(3,39)40)36-25(19(31)11-13-9-14(29)12-15(30)10-13)32-22-16(26(36)37)5-4-6-17(22)27(38)41-2/h4-10,12,19H,11,31H2,1-3H3,(H,33,34)/t19-/m0/s1. The third-order valence-electron chi connectivity index (χ3n) is 6.48. The molecule has 0 amide bonds. The molecule has 3 N–H and O–H groups in total. The van der Waals surface area contributed by atoms with Gasteiger partial charge >= 0.3 is 5.97 Å². The SMILES string of the molecule is COC(=O)c1cccc2c(=O)n(-c3ccc(Cl)c4c(NS(C)(=O)=O)nn(C)c34)c([C@@H](N)Cc3cc(F)cc(F)c3)nc12. The summed E-state index contributed by atoms with van der Waals surface area (Å²) in [5, 5.41) is 4.64. The maximum atomic E-state index is 14.2. The number of hydrogen-bond acceptors (Lipinski definition) is 8. The van der Waals surface area contributed by atoms with E-state index in [1.807, 2.05) is 0 Å². The molecule has 42 heavy (non-hydrogen) atoms. The van der Waals surface area contributed by atoms with E-state index < -0.39 is 39.2 Å². The van der Waals surface area contributed by atoms with Crippen LogP contribution in [0.4, 0.5) is 14.6 Å². The molecule has 0 radical (unpaired) electrons. The molecule has 2 heterocycles. The van der Waals surface area contributed by atoms with E-state index in [9.17, 15) is 26.8 Å². The maximum absolute atomic E-state index is 14.2. The van der Waals surface area contributed by atoms with Crippen molar-refractivity contribution in [1.82, 2.24) is 19.3 Å². The Balaban J connectivity index is 1.85. The molecule has 0 saturated carbocycles. The number of nitrogens with two attached hydrogens (primary N) is 1. The van der Waals surface area contributed by atoms with E-state index in [-0.39, 0.29) is 61.7 Å². The number of methoxy groups -OCH3 is 1. The number of rotatable bonds is 7. The van der Waals surface area contributed by atoms with E-state index in [0.29, 0.717) is 0 Å². The summed E-state index contributed by atoms with van der Waals surface area (Å²) in [5.74, 6) is -2.49. The summed E-state index contributed by atoms with van der Waals surface area (Å²) >= 11 is 6.47. The lowest BCUT2D eigenvalue weighted by molar-refractivity contribution is 0.0602. The molecule has 5 rings (SSSR count). The molecule has 0 fully saturated rings. The number of anilines is 1. The number of para-hydroxylation sites is 1. The lowest BCUT2D eigenvalue weighted by Gasteiger charge is -2.20. The highest BCUT2D eigenvalue weighted by Crippen LogP contribution is 2.35. The number of fused-ring (bicyclic) bond motifs is 2. The van der Waals surface area contributed by atoms with Gasteiger partial charge in [0.05, 0.1) is 57.5 Å². The molecule has 0 aliphatic rings. The van der Waals surface area contributed by atoms with E-state index in [4.69, 9.17) is 22.1 Å². The first-order valence-electron chi connectivity index (χ1n) is 12.3. The van der Waals surface area contributed by atoms with Crippen LogP contribution >= 0.6 is 11.6 Å². The molecule has 1 atom stereocenters. The molecule has 5 aromatic rings. The van der Waals surface area contributed by atoms with Crippen LogP contribution in [0.2, 0.25) is 5.02 Å². The monoisotopic (exact) mass is 616 g/mol. The van der Waals surface area contributed by atoms with Crippen molar-refractivity contribution in [2.45, 2.75) is 12.5 Å². The first-order chi connectivity index (χ1) is 19.8. The number of aryl methyl sites for hydroxylation is 1. The van der Waals surface area contributed by atoms with E-state index in [0.717, 1.165) is 24.5 Å². The fourth-order valence-electron chi connectivity index (χ4n) is 4.84. The number of aromatic nitrogens is 4. The number of nitrogens with zero attached hydrogens (tertiary/aromatic N) is 4. The molecule has 0 spiro atoms. The molecule has 0 bridgehead atoms. The van der Waals surface area contributed by atoms with Gasteiger partial charge < -0.3 is 10.5 Å². The third-order valence-corrected chi connectivity index (χ3v) is 7.36. The van der Waals surface area contributed by atoms with Gasteiger partial charge in [0, 0.05) is 13.1 Å². The molecule has 0 unspecified atom stereocenters. The molecule has 3 aromatic carbocycles. The van der Waals surface area contributed by atoms with Gasteiger partial charge in [0.1, 0.15) is 17.5 Å². The topological polar surface area (TPSA) is 151 Å². The smallest absolute Gasteiger partial charge is 0.340 e. The van der Waals surface area contributed by atoms with Crippen LogP contribution < -0.4 is 16.0 Å². The van der Waals surface area contributed by atoms with Gasteiger partial charge in [-0.3, -0.25) is 18.8 Å². The number of halogens is 3. The summed E-state index contributed by atoms with van der Waals surface area (Å²) in [6.07, 6.45) is 0.810. The number of esters is 1. The van der Waals surface area contributed by atoms with Gasteiger partial charge in [-0.2, -0.15) is 5.10 Å². The summed E-state index contributed by atoms with van der Waals surface area (Å²) in [5.41, 5.74) is 6.58. The zero-order valence-corrected chi connectivity index (χ0v) is 23.9. The van der Waals surface area contributed by atoms with Crippen LogP contribution in [0.25, 0.3) is 27.5 Å². The lowest BCUT2D eigenvalue weighted by atomic mass is 10.0. The fourth-order valence-corrected chi connectivity index (χ4v) is 5.58. The highest BCUT2D eigenvalue weighted by Gasteiger charge is 2.26. The Bertz CT molecular complexity index is 2060. The average Bonchev–Trinajstić information content (AvgIpc) is 3.22. The van der Waals surface area contributed by atoms with E-state index in [1.165, 1.54) is 53.7 Å². The highest BCUT2D eigenvalue weighted by atomic mass is 35.5. The third kappa shape index (κ3) is 5.31. The molecule has 11 nitrogen and oxygen atoms in total. The van der Waals surface area contributed by atoms with Gasteiger partial charge in [0.2, 0.25) is 10.0 Å². The summed E-state index contributed by atoms with van der Waals surface area (Å²) in [6.45, 7) is 0. The predicted octanol–water partition coefficient (Wildman–Crippen LogP) is 3.60. The van der Waals surface area contributed by atoms with Crippen molar-refractivity contribution in [2.75, 3.05) is 18.1 Å². The van der Waals surface area contributed by atoms with Crippen LogP contribution in [0.1, 0.15) is 27.8 Å². The van der Waals surface area contributed by atoms with Crippen LogP contribution in [0.5, 0.6) is 0 Å². The molecular weight excluding hydrogens is 594 g/mol. The number of nitrogens with one attached hydrogen (secondary N) is 1. The van der Waals surface area contributed by atoms with Crippen LogP contribution in [-0.2, 0) is 28.2 Å². The fraction of sp³-hybridized carbons (Fsp3) is 0.185. The second-order valence-electron chi connectivity index (χ2n) is 9.53. The number of ether oxygens (including phenoxy) is 1. The second-order valence-corrected chi connectivity index (χ2v) is 11.7. The lowest BCUT2D eigenvalue weighted by Crippen LogP contribution is -2.30. The Morgan fingerprint density at radius 2 is 1.86 bits per heavy atom. The summed E-state index contributed by atoms with van der Waals surface area (Å²) in [6, 6.07) is 9.17. The van der Waals surface area contributed by atoms with E-state index in [2.05, 4.69) is 14.8 Å². The first-order valence-corrected chi connectivity index (χ1v) is 14.5. The van der Waals surface area contributed by atoms with E-state index >= 15 is 0 Å². The second kappa shape index (κ2) is 10.8. The van der Waals surface area contributed by atoms with Gasteiger partial charge in [-0.1, -0.05) is 17.7 Å². The minimum absolute atomic E-state index is 0.00549. The largest absolute Gasteiger partial charge is 0.465 e. The zero-order chi connectivity index (χ0) is 30.5. The van der Waals surface area contributed by atoms with Crippen molar-refractivity contribution in [3.63, 3.8) is 0 Å². The van der Waals surface area contributed by atoms with Crippen LogP contribution in [0, 0.1) is 11.6 Å². The van der Waals surface area contributed by atoms with Gasteiger partial charge in [0.25, 0.3) is 5.56 Å². The Kier molecular flexibility index (Phi) is 7.47. The molecular formula is C27H23ClF2N6O5S. The average molecular weight is 617 g/mol. The number of carbonyl (C=O) groups excluding carboxylic acids is 1. The van der Waals surface area contributed by atoms with Gasteiger partial charge in [0.15, 0.2) is 5.82 Å². The van der Waals surface area contributed by atoms with Crippen molar-refractivity contribution in [1.29, 1.82) is 0 Å². The first kappa shape index (κ1) is 29.1. The number of hydrogen-bond donors (Lipinski definition) is 2. The van der Waals surface area contributed by atoms with Crippen molar-refractivity contribution < 1.29 is 26.7 Å². The Hall–Kier alpha value is -4.40. The number of carbonyl (C=O) groups is 1. The van der Waals surface area contributed by atoms with Gasteiger partial charge in [-0.25, -0.2) is 27.0 Å². The summed E-state index contributed by atoms with van der Waals surface area (Å²) in [7, 11) is -1.05. The maximum Gasteiger partial charge on any atom is 0.340 e. The molecule has 0 aliphatic heterocycles. The van der Waals surface area contributed by atoms with Gasteiger partial charge in [-0.15, -0.1) is 0 Å². The number of benzene rings is 3. The summed E-state index contributed by atoms with van der Waals surface area (Å²) < 4.78 is 61.7. The molecule has 0 saturated heterocycles.